The molecular weight excluding hydrogens is 376 g/mol. The van der Waals surface area contributed by atoms with E-state index in [2.05, 4.69) is 5.32 Å². The Bertz CT molecular complexity index is 878. The Morgan fingerprint density at radius 3 is 2.40 bits per heavy atom. The molecule has 2 aromatic carbocycles. The Hall–Kier alpha value is -2.82. The van der Waals surface area contributed by atoms with Crippen LogP contribution in [0.3, 0.4) is 0 Å². The number of ether oxygens (including phenoxy) is 1. The molecule has 0 fully saturated rings. The summed E-state index contributed by atoms with van der Waals surface area (Å²) in [6.07, 6.45) is 0.833. The van der Waals surface area contributed by atoms with Crippen LogP contribution in [0.1, 0.15) is 49.4 Å². The molecule has 5 nitrogen and oxygen atoms in total. The highest BCUT2D eigenvalue weighted by molar-refractivity contribution is 5.88. The van der Waals surface area contributed by atoms with Gasteiger partial charge in [0.1, 0.15) is 11.8 Å². The van der Waals surface area contributed by atoms with Gasteiger partial charge in [-0.05, 0) is 63.8 Å². The number of amides is 2. The molecule has 0 heterocycles. The van der Waals surface area contributed by atoms with Crippen molar-refractivity contribution in [3.8, 4) is 5.75 Å². The predicted molar refractivity (Wildman–Crippen MR) is 120 cm³/mol. The summed E-state index contributed by atoms with van der Waals surface area (Å²) in [7, 11) is 0. The molecule has 2 amide bonds. The van der Waals surface area contributed by atoms with E-state index in [1.54, 1.807) is 11.8 Å². The summed E-state index contributed by atoms with van der Waals surface area (Å²) in [5.74, 6) is 0.317. The van der Waals surface area contributed by atoms with Gasteiger partial charge in [-0.25, -0.2) is 0 Å². The summed E-state index contributed by atoms with van der Waals surface area (Å²) < 4.78 is 5.83. The van der Waals surface area contributed by atoms with Gasteiger partial charge in [-0.2, -0.15) is 0 Å². The molecule has 0 unspecified atom stereocenters. The number of hydrogen-bond acceptors (Lipinski definition) is 3. The fourth-order valence-corrected chi connectivity index (χ4v) is 3.14. The third-order valence-electron chi connectivity index (χ3n) is 5.30. The Morgan fingerprint density at radius 2 is 1.73 bits per heavy atom. The Labute approximate surface area is 180 Å². The van der Waals surface area contributed by atoms with E-state index in [0.717, 1.165) is 28.7 Å². The molecule has 0 saturated carbocycles. The summed E-state index contributed by atoms with van der Waals surface area (Å²) in [5.41, 5.74) is 4.14. The minimum Gasteiger partial charge on any atom is -0.483 e. The lowest BCUT2D eigenvalue weighted by atomic mass is 10.1. The zero-order valence-corrected chi connectivity index (χ0v) is 19.0. The van der Waals surface area contributed by atoms with Gasteiger partial charge in [0.25, 0.3) is 5.91 Å². The second-order valence-corrected chi connectivity index (χ2v) is 8.06. The number of aryl methyl sites for hydroxylation is 3. The number of nitrogens with zero attached hydrogens (tertiary/aromatic N) is 1. The molecule has 0 aliphatic rings. The molecule has 0 aromatic heterocycles. The molecule has 2 atom stereocenters. The Kier molecular flexibility index (Phi) is 8.46. The van der Waals surface area contributed by atoms with Gasteiger partial charge < -0.3 is 15.0 Å². The quantitative estimate of drug-likeness (QED) is 0.670. The number of rotatable bonds is 9. The van der Waals surface area contributed by atoms with Crippen molar-refractivity contribution in [1.29, 1.82) is 0 Å². The van der Waals surface area contributed by atoms with E-state index < -0.39 is 6.04 Å². The zero-order chi connectivity index (χ0) is 22.3. The van der Waals surface area contributed by atoms with Crippen molar-refractivity contribution in [1.82, 2.24) is 10.2 Å². The average Bonchev–Trinajstić information content (AvgIpc) is 2.71. The molecule has 0 radical (unpaired) electrons. The van der Waals surface area contributed by atoms with Gasteiger partial charge in [-0.15, -0.1) is 0 Å². The fourth-order valence-electron chi connectivity index (χ4n) is 3.14. The van der Waals surface area contributed by atoms with Crippen molar-refractivity contribution in [2.24, 2.45) is 0 Å². The first-order valence-electron chi connectivity index (χ1n) is 10.6. The highest BCUT2D eigenvalue weighted by Gasteiger charge is 2.27. The smallest absolute Gasteiger partial charge is 0.261 e. The number of benzene rings is 2. The molecule has 5 heteroatoms. The van der Waals surface area contributed by atoms with E-state index in [0.29, 0.717) is 12.3 Å². The maximum absolute atomic E-state index is 13.1. The van der Waals surface area contributed by atoms with Crippen LogP contribution >= 0.6 is 0 Å². The normalized spacial score (nSPS) is 12.7. The van der Waals surface area contributed by atoms with E-state index in [1.165, 1.54) is 0 Å². The molecule has 30 heavy (non-hydrogen) atoms. The van der Waals surface area contributed by atoms with Crippen LogP contribution in [-0.2, 0) is 16.1 Å². The third kappa shape index (κ3) is 6.61. The van der Waals surface area contributed by atoms with Crippen molar-refractivity contribution in [3.63, 3.8) is 0 Å². The lowest BCUT2D eigenvalue weighted by molar-refractivity contribution is -0.142. The molecule has 0 spiro atoms. The van der Waals surface area contributed by atoms with E-state index in [9.17, 15) is 9.59 Å². The molecule has 1 N–H and O–H groups in total. The summed E-state index contributed by atoms with van der Waals surface area (Å²) in [5, 5.41) is 2.98. The van der Waals surface area contributed by atoms with Crippen molar-refractivity contribution in [2.75, 3.05) is 6.61 Å². The van der Waals surface area contributed by atoms with Crippen molar-refractivity contribution in [3.05, 3.63) is 64.7 Å². The van der Waals surface area contributed by atoms with Gasteiger partial charge in [0.2, 0.25) is 5.91 Å². The first-order chi connectivity index (χ1) is 14.2. The second kappa shape index (κ2) is 10.8. The number of nitrogens with one attached hydrogen (secondary N) is 1. The monoisotopic (exact) mass is 410 g/mol. The molecule has 0 bridgehead atoms. The predicted octanol–water partition coefficient (Wildman–Crippen LogP) is 4.32. The van der Waals surface area contributed by atoms with Crippen LogP contribution in [0.5, 0.6) is 5.75 Å². The maximum atomic E-state index is 13.1. The standard InChI is InChI=1S/C25H34N2O3/c1-7-20(5)26-25(29)21(6)27(15-22-10-8-9-17(2)13-22)24(28)16-30-23-14-18(3)11-12-19(23)4/h8-14,20-21H,7,15-16H2,1-6H3,(H,26,29)/t20-,21-/m1/s1. The van der Waals surface area contributed by atoms with E-state index in [1.807, 2.05) is 77.1 Å². The van der Waals surface area contributed by atoms with E-state index in [-0.39, 0.29) is 24.5 Å². The minimum absolute atomic E-state index is 0.0575. The summed E-state index contributed by atoms with van der Waals surface area (Å²) in [4.78, 5) is 27.5. The zero-order valence-electron chi connectivity index (χ0n) is 19.0. The summed E-state index contributed by atoms with van der Waals surface area (Å²) in [6.45, 7) is 11.9. The fraction of sp³-hybridized carbons (Fsp3) is 0.440. The molecule has 2 aromatic rings. The molecule has 0 aliphatic heterocycles. The van der Waals surface area contributed by atoms with Crippen molar-refractivity contribution in [2.45, 2.75) is 66.6 Å². The first kappa shape index (κ1) is 23.5. The molecular formula is C25H34N2O3. The van der Waals surface area contributed by atoms with Gasteiger partial charge in [-0.1, -0.05) is 48.9 Å². The lowest BCUT2D eigenvalue weighted by Gasteiger charge is -2.29. The van der Waals surface area contributed by atoms with Crippen molar-refractivity contribution < 1.29 is 14.3 Å². The largest absolute Gasteiger partial charge is 0.483 e. The minimum atomic E-state index is -0.603. The van der Waals surface area contributed by atoms with Crippen LogP contribution in [0, 0.1) is 20.8 Å². The van der Waals surface area contributed by atoms with Crippen LogP contribution in [0.2, 0.25) is 0 Å². The van der Waals surface area contributed by atoms with Crippen LogP contribution in [0.4, 0.5) is 0 Å². The number of carbonyl (C=O) groups is 2. The van der Waals surface area contributed by atoms with E-state index >= 15 is 0 Å². The second-order valence-electron chi connectivity index (χ2n) is 8.06. The van der Waals surface area contributed by atoms with Gasteiger partial charge >= 0.3 is 0 Å². The van der Waals surface area contributed by atoms with Gasteiger partial charge in [0.05, 0.1) is 0 Å². The Balaban J connectivity index is 2.19. The molecule has 162 valence electrons. The SMILES string of the molecule is CC[C@@H](C)NC(=O)[C@@H](C)N(Cc1cccc(C)c1)C(=O)COc1cc(C)ccc1C. The average molecular weight is 411 g/mol. The topological polar surface area (TPSA) is 58.6 Å². The van der Waals surface area contributed by atoms with Crippen LogP contribution < -0.4 is 10.1 Å². The summed E-state index contributed by atoms with van der Waals surface area (Å²) in [6, 6.07) is 13.3. The third-order valence-corrected chi connectivity index (χ3v) is 5.30. The van der Waals surface area contributed by atoms with Gasteiger partial charge in [0.15, 0.2) is 6.61 Å². The molecule has 0 saturated heterocycles. The molecule has 2 rings (SSSR count). The molecule has 0 aliphatic carbocycles. The summed E-state index contributed by atoms with van der Waals surface area (Å²) >= 11 is 0. The number of hydrogen-bond donors (Lipinski definition) is 1. The number of carbonyl (C=O) groups excluding carboxylic acids is 2. The van der Waals surface area contributed by atoms with Crippen LogP contribution in [0.25, 0.3) is 0 Å². The lowest BCUT2D eigenvalue weighted by Crippen LogP contribution is -2.50. The first-order valence-corrected chi connectivity index (χ1v) is 10.6. The van der Waals surface area contributed by atoms with Crippen LogP contribution in [0.15, 0.2) is 42.5 Å². The van der Waals surface area contributed by atoms with E-state index in [4.69, 9.17) is 4.74 Å². The highest BCUT2D eigenvalue weighted by atomic mass is 16.5. The van der Waals surface area contributed by atoms with Gasteiger partial charge in [-0.3, -0.25) is 9.59 Å². The Morgan fingerprint density at radius 1 is 1.03 bits per heavy atom. The maximum Gasteiger partial charge on any atom is 0.261 e. The van der Waals surface area contributed by atoms with Gasteiger partial charge in [0, 0.05) is 12.6 Å². The van der Waals surface area contributed by atoms with Crippen molar-refractivity contribution >= 4 is 11.8 Å². The van der Waals surface area contributed by atoms with Crippen LogP contribution in [-0.4, -0.2) is 35.4 Å². The highest BCUT2D eigenvalue weighted by Crippen LogP contribution is 2.20.